The summed E-state index contributed by atoms with van der Waals surface area (Å²) in [6.07, 6.45) is 6.29. The molecule has 0 radical (unpaired) electrons. The zero-order chi connectivity index (χ0) is 12.4. The molecule has 18 heavy (non-hydrogen) atoms. The first kappa shape index (κ1) is 12.0. The lowest BCUT2D eigenvalue weighted by Gasteiger charge is -2.36. The third kappa shape index (κ3) is 2.25. The maximum Gasteiger partial charge on any atom is 0.122 e. The van der Waals surface area contributed by atoms with Crippen LogP contribution in [0.2, 0.25) is 0 Å². The molecule has 3 rings (SSSR count). The van der Waals surface area contributed by atoms with Gasteiger partial charge >= 0.3 is 0 Å². The van der Waals surface area contributed by atoms with Crippen LogP contribution in [0.15, 0.2) is 24.3 Å². The standard InChI is InChI=1S/C15H22N2O/c16-17-14(11-4-3-5-11)10-12-8-9-18-15-7-2-1-6-13(12)15/h1-2,6-7,11-12,14,17H,3-5,8-10,16H2. The Bertz CT molecular complexity index is 403. The minimum absolute atomic E-state index is 0.468. The summed E-state index contributed by atoms with van der Waals surface area (Å²) < 4.78 is 5.72. The van der Waals surface area contributed by atoms with Gasteiger partial charge in [-0.2, -0.15) is 0 Å². The SMILES string of the molecule is NNC(CC1CCOc2ccccc21)C1CCC1. The summed E-state index contributed by atoms with van der Waals surface area (Å²) in [7, 11) is 0. The Kier molecular flexibility index (Phi) is 3.52. The van der Waals surface area contributed by atoms with Gasteiger partial charge in [-0.15, -0.1) is 0 Å². The maximum atomic E-state index is 5.74. The first-order chi connectivity index (χ1) is 8.88. The van der Waals surface area contributed by atoms with Crippen LogP contribution in [0.5, 0.6) is 5.75 Å². The van der Waals surface area contributed by atoms with Crippen LogP contribution in [-0.4, -0.2) is 12.6 Å². The Labute approximate surface area is 109 Å². The second-order valence-electron chi connectivity index (χ2n) is 5.57. The third-order valence-corrected chi connectivity index (χ3v) is 4.55. The Morgan fingerprint density at radius 1 is 1.28 bits per heavy atom. The van der Waals surface area contributed by atoms with Crippen LogP contribution < -0.4 is 16.0 Å². The van der Waals surface area contributed by atoms with E-state index in [0.717, 1.165) is 31.1 Å². The first-order valence-corrected chi connectivity index (χ1v) is 7.06. The topological polar surface area (TPSA) is 47.3 Å². The fraction of sp³-hybridized carbons (Fsp3) is 0.600. The van der Waals surface area contributed by atoms with Gasteiger partial charge in [0.2, 0.25) is 0 Å². The molecule has 1 aliphatic heterocycles. The van der Waals surface area contributed by atoms with E-state index in [4.69, 9.17) is 10.6 Å². The molecule has 0 bridgehead atoms. The van der Waals surface area contributed by atoms with E-state index in [1.165, 1.54) is 24.8 Å². The second-order valence-corrected chi connectivity index (χ2v) is 5.57. The monoisotopic (exact) mass is 246 g/mol. The summed E-state index contributed by atoms with van der Waals surface area (Å²) >= 11 is 0. The van der Waals surface area contributed by atoms with Crippen LogP contribution in [0.3, 0.4) is 0 Å². The molecule has 0 aromatic heterocycles. The third-order valence-electron chi connectivity index (χ3n) is 4.55. The highest BCUT2D eigenvalue weighted by Gasteiger charge is 2.31. The van der Waals surface area contributed by atoms with Gasteiger partial charge in [-0.1, -0.05) is 24.6 Å². The van der Waals surface area contributed by atoms with Gasteiger partial charge in [0.05, 0.1) is 6.61 Å². The van der Waals surface area contributed by atoms with E-state index in [2.05, 4.69) is 23.6 Å². The van der Waals surface area contributed by atoms with Gasteiger partial charge in [0.25, 0.3) is 0 Å². The van der Waals surface area contributed by atoms with Crippen LogP contribution in [0.25, 0.3) is 0 Å². The number of nitrogens with two attached hydrogens (primary N) is 1. The maximum absolute atomic E-state index is 5.74. The molecule has 1 aliphatic carbocycles. The summed E-state index contributed by atoms with van der Waals surface area (Å²) in [6.45, 7) is 0.837. The van der Waals surface area contributed by atoms with Crippen molar-refractivity contribution in [3.05, 3.63) is 29.8 Å². The van der Waals surface area contributed by atoms with Gasteiger partial charge < -0.3 is 4.74 Å². The fourth-order valence-electron chi connectivity index (χ4n) is 3.21. The zero-order valence-electron chi connectivity index (χ0n) is 10.8. The van der Waals surface area contributed by atoms with Gasteiger partial charge in [0, 0.05) is 6.04 Å². The van der Waals surface area contributed by atoms with E-state index in [1.807, 2.05) is 6.07 Å². The molecule has 0 saturated heterocycles. The molecule has 98 valence electrons. The zero-order valence-corrected chi connectivity index (χ0v) is 10.8. The van der Waals surface area contributed by atoms with Crippen molar-refractivity contribution in [1.29, 1.82) is 0 Å². The van der Waals surface area contributed by atoms with Crippen LogP contribution in [0, 0.1) is 5.92 Å². The lowest BCUT2D eigenvalue weighted by molar-refractivity contribution is 0.194. The average molecular weight is 246 g/mol. The Morgan fingerprint density at radius 3 is 2.83 bits per heavy atom. The number of nitrogens with one attached hydrogen (secondary N) is 1. The molecule has 3 N–H and O–H groups in total. The molecule has 2 aliphatic rings. The van der Waals surface area contributed by atoms with Crippen LogP contribution in [0.1, 0.15) is 43.6 Å². The lowest BCUT2D eigenvalue weighted by Crippen LogP contribution is -2.44. The molecule has 1 aromatic rings. The first-order valence-electron chi connectivity index (χ1n) is 7.06. The van der Waals surface area contributed by atoms with Crippen LogP contribution >= 0.6 is 0 Å². The second kappa shape index (κ2) is 5.29. The van der Waals surface area contributed by atoms with Crippen LogP contribution in [-0.2, 0) is 0 Å². The number of benzene rings is 1. The highest BCUT2D eigenvalue weighted by atomic mass is 16.5. The van der Waals surface area contributed by atoms with Crippen molar-refractivity contribution in [2.45, 2.75) is 44.1 Å². The highest BCUT2D eigenvalue weighted by Crippen LogP contribution is 2.39. The van der Waals surface area contributed by atoms with Gasteiger partial charge in [-0.25, -0.2) is 0 Å². The van der Waals surface area contributed by atoms with E-state index < -0.39 is 0 Å². The van der Waals surface area contributed by atoms with Crippen molar-refractivity contribution in [2.24, 2.45) is 11.8 Å². The molecular formula is C15H22N2O. The number of fused-ring (bicyclic) bond motifs is 1. The largest absolute Gasteiger partial charge is 0.493 e. The van der Waals surface area contributed by atoms with E-state index in [1.54, 1.807) is 0 Å². The lowest BCUT2D eigenvalue weighted by atomic mass is 9.75. The number of hydrogen-bond donors (Lipinski definition) is 2. The van der Waals surface area contributed by atoms with E-state index in [-0.39, 0.29) is 0 Å². The molecule has 1 saturated carbocycles. The predicted octanol–water partition coefficient (Wildman–Crippen LogP) is 2.57. The molecule has 0 spiro atoms. The Balaban J connectivity index is 1.72. The molecule has 3 nitrogen and oxygen atoms in total. The highest BCUT2D eigenvalue weighted by molar-refractivity contribution is 5.37. The van der Waals surface area contributed by atoms with E-state index in [9.17, 15) is 0 Å². The minimum atomic E-state index is 0.468. The molecular weight excluding hydrogens is 224 g/mol. The average Bonchev–Trinajstić information content (AvgIpc) is 2.36. The van der Waals surface area contributed by atoms with Crippen molar-refractivity contribution in [1.82, 2.24) is 5.43 Å². The van der Waals surface area contributed by atoms with Crippen molar-refractivity contribution in [3.8, 4) is 5.75 Å². The Hall–Kier alpha value is -1.06. The number of hydrogen-bond acceptors (Lipinski definition) is 3. The van der Waals surface area contributed by atoms with Crippen molar-refractivity contribution in [3.63, 3.8) is 0 Å². The van der Waals surface area contributed by atoms with Crippen LogP contribution in [0.4, 0.5) is 0 Å². The summed E-state index contributed by atoms with van der Waals surface area (Å²) in [5.41, 5.74) is 4.41. The molecule has 1 aromatic carbocycles. The van der Waals surface area contributed by atoms with E-state index >= 15 is 0 Å². The van der Waals surface area contributed by atoms with Gasteiger partial charge in [0.1, 0.15) is 5.75 Å². The van der Waals surface area contributed by atoms with Crippen molar-refractivity contribution in [2.75, 3.05) is 6.61 Å². The fourth-order valence-corrected chi connectivity index (χ4v) is 3.21. The summed E-state index contributed by atoms with van der Waals surface area (Å²) in [5, 5.41) is 0. The van der Waals surface area contributed by atoms with Gasteiger partial charge in [-0.3, -0.25) is 11.3 Å². The molecule has 1 heterocycles. The molecule has 2 unspecified atom stereocenters. The van der Waals surface area contributed by atoms with Gasteiger partial charge in [0.15, 0.2) is 0 Å². The molecule has 2 atom stereocenters. The molecule has 3 heteroatoms. The number of para-hydroxylation sites is 1. The smallest absolute Gasteiger partial charge is 0.122 e. The van der Waals surface area contributed by atoms with Crippen molar-refractivity contribution < 1.29 is 4.74 Å². The normalized spacial score (nSPS) is 24.8. The van der Waals surface area contributed by atoms with Gasteiger partial charge in [-0.05, 0) is 49.1 Å². The molecule has 1 fully saturated rings. The summed E-state index contributed by atoms with van der Waals surface area (Å²) in [4.78, 5) is 0. The van der Waals surface area contributed by atoms with Crippen molar-refractivity contribution >= 4 is 0 Å². The number of ether oxygens (including phenoxy) is 1. The summed E-state index contributed by atoms with van der Waals surface area (Å²) in [5.74, 6) is 8.18. The van der Waals surface area contributed by atoms with E-state index in [0.29, 0.717) is 12.0 Å². The summed E-state index contributed by atoms with van der Waals surface area (Å²) in [6, 6.07) is 8.90. The predicted molar refractivity (Wildman–Crippen MR) is 72.4 cm³/mol. The Morgan fingerprint density at radius 2 is 2.11 bits per heavy atom. The quantitative estimate of drug-likeness (QED) is 0.634. The number of rotatable bonds is 4. The number of hydrazine groups is 1. The molecule has 0 amide bonds. The minimum Gasteiger partial charge on any atom is -0.493 e.